The molecule has 0 saturated carbocycles. The van der Waals surface area contributed by atoms with E-state index in [1.807, 2.05) is 23.7 Å². The molecule has 1 aliphatic rings. The van der Waals surface area contributed by atoms with Crippen molar-refractivity contribution >= 4 is 50.5 Å². The second-order valence-electron chi connectivity index (χ2n) is 12.1. The number of nitrogens with one attached hydrogen (secondary N) is 1. The Kier molecular flexibility index (Phi) is 14.2. The number of rotatable bonds is 19. The topological polar surface area (TPSA) is 126 Å². The summed E-state index contributed by atoms with van der Waals surface area (Å²) >= 11 is 3.63. The average molecular weight is 695 g/mol. The van der Waals surface area contributed by atoms with E-state index >= 15 is 0 Å². The molecule has 0 spiro atoms. The summed E-state index contributed by atoms with van der Waals surface area (Å²) in [5.41, 5.74) is 2.93. The number of imidazole rings is 1. The van der Waals surface area contributed by atoms with Crippen molar-refractivity contribution in [2.45, 2.75) is 90.4 Å². The van der Waals surface area contributed by atoms with Crippen LogP contribution in [0.4, 0.5) is 5.69 Å². The first-order chi connectivity index (χ1) is 22.4. The fourth-order valence-electron chi connectivity index (χ4n) is 5.98. The summed E-state index contributed by atoms with van der Waals surface area (Å²) in [5, 5.41) is 13.7. The predicted molar refractivity (Wildman–Crippen MR) is 187 cm³/mol. The van der Waals surface area contributed by atoms with E-state index in [9.17, 15) is 14.7 Å². The maximum absolute atomic E-state index is 14.2. The minimum absolute atomic E-state index is 0.214. The summed E-state index contributed by atoms with van der Waals surface area (Å²) in [5.74, 6) is -2.36. The van der Waals surface area contributed by atoms with E-state index in [-0.39, 0.29) is 12.3 Å². The Hall–Kier alpha value is -3.60. The van der Waals surface area contributed by atoms with Crippen molar-refractivity contribution in [1.82, 2.24) is 24.4 Å². The van der Waals surface area contributed by atoms with Gasteiger partial charge in [0.2, 0.25) is 11.9 Å². The normalized spacial score (nSPS) is 14.6. The molecule has 0 fully saturated rings. The van der Waals surface area contributed by atoms with E-state index in [0.717, 1.165) is 47.8 Å². The lowest BCUT2D eigenvalue weighted by molar-refractivity contribution is -0.149. The number of aliphatic carboxylic acids is 1. The molecule has 248 valence electrons. The number of unbranched alkanes of at least 4 members (excludes halogenated alkanes) is 9. The third-order valence-corrected chi connectivity index (χ3v) is 9.48. The van der Waals surface area contributed by atoms with Crippen molar-refractivity contribution < 1.29 is 14.7 Å². The van der Waals surface area contributed by atoms with Crippen molar-refractivity contribution in [3.05, 3.63) is 59.4 Å². The lowest BCUT2D eigenvalue weighted by Gasteiger charge is -2.29. The van der Waals surface area contributed by atoms with Crippen LogP contribution in [0.1, 0.15) is 89.7 Å². The van der Waals surface area contributed by atoms with E-state index in [0.29, 0.717) is 36.7 Å². The van der Waals surface area contributed by atoms with Crippen LogP contribution in [-0.2, 0) is 23.1 Å². The highest BCUT2D eigenvalue weighted by molar-refractivity contribution is 9.10. The maximum atomic E-state index is 14.2. The van der Waals surface area contributed by atoms with Gasteiger partial charge in [-0.15, -0.1) is 0 Å². The van der Waals surface area contributed by atoms with Crippen LogP contribution >= 0.6 is 15.9 Å². The van der Waals surface area contributed by atoms with Crippen LogP contribution in [0.15, 0.2) is 58.7 Å². The van der Waals surface area contributed by atoms with Crippen molar-refractivity contribution in [1.29, 1.82) is 0 Å². The fourth-order valence-corrected chi connectivity index (χ4v) is 6.51. The summed E-state index contributed by atoms with van der Waals surface area (Å²) in [4.78, 5) is 46.1. The zero-order valence-corrected chi connectivity index (χ0v) is 28.8. The molecule has 1 aromatic carbocycles. The van der Waals surface area contributed by atoms with Gasteiger partial charge in [0.05, 0.1) is 40.4 Å². The highest BCUT2D eigenvalue weighted by atomic mass is 79.9. The van der Waals surface area contributed by atoms with E-state index in [4.69, 9.17) is 0 Å². The van der Waals surface area contributed by atoms with Crippen LogP contribution in [0.25, 0.3) is 11.0 Å². The van der Waals surface area contributed by atoms with Crippen LogP contribution in [0.5, 0.6) is 0 Å². The fraction of sp³-hybridized carbons (Fsp3) is 0.543. The van der Waals surface area contributed by atoms with Crippen molar-refractivity contribution in [3.63, 3.8) is 0 Å². The molecule has 1 aliphatic heterocycles. The van der Waals surface area contributed by atoms with Gasteiger partial charge in [0, 0.05) is 44.3 Å². The summed E-state index contributed by atoms with van der Waals surface area (Å²) in [6.07, 6.45) is 24.6. The van der Waals surface area contributed by atoms with E-state index in [2.05, 4.69) is 60.3 Å². The van der Waals surface area contributed by atoms with Gasteiger partial charge in [0.15, 0.2) is 0 Å². The number of aryl methyl sites for hydroxylation is 1. The van der Waals surface area contributed by atoms with Crippen molar-refractivity contribution in [2.75, 3.05) is 18.4 Å². The molecule has 46 heavy (non-hydrogen) atoms. The third-order valence-electron chi connectivity index (χ3n) is 8.67. The first-order valence-electron chi connectivity index (χ1n) is 16.8. The smallest absolute Gasteiger partial charge is 0.307 e. The standard InChI is InChI=1S/C35H48BrN7O3/c1-3-4-5-6-7-8-9-10-11-12-13-14-15-16-27(28(34(45)46)23-26-24-37-25-42(26)2)33(44)43-22-21-40-35(43)41-29-17-18-30-32(31(29)36)39-20-19-38-30/h10-11,17-20,24-25,27-28H,3-9,12-16,21-23H2,1-2H3,(H,40,41)(H,45,46)/b11-10-. The second-order valence-corrected chi connectivity index (χ2v) is 12.9. The lowest BCUT2D eigenvalue weighted by atomic mass is 9.83. The quantitative estimate of drug-likeness (QED) is 0.0981. The molecule has 2 atom stereocenters. The molecule has 2 N–H and O–H groups in total. The molecule has 0 bridgehead atoms. The van der Waals surface area contributed by atoms with Crippen LogP contribution in [0.2, 0.25) is 0 Å². The van der Waals surface area contributed by atoms with Gasteiger partial charge in [0.1, 0.15) is 5.52 Å². The molecule has 4 rings (SSSR count). The SMILES string of the molecule is CCCCCCCC/C=C\CCCCCC(C(=O)N1CCN=C1Nc1ccc2nccnc2c1Br)C(Cc1cncn1C)C(=O)O. The third kappa shape index (κ3) is 9.95. The lowest BCUT2D eigenvalue weighted by Crippen LogP contribution is -2.45. The van der Waals surface area contributed by atoms with E-state index < -0.39 is 17.8 Å². The van der Waals surface area contributed by atoms with Crippen LogP contribution in [0, 0.1) is 11.8 Å². The number of aliphatic imine (C=N–C) groups is 1. The number of carbonyl (C=O) groups is 2. The molecule has 10 nitrogen and oxygen atoms in total. The molecule has 0 saturated heterocycles. The first kappa shape index (κ1) is 35.3. The number of carboxylic acid groups (broad SMARTS) is 1. The van der Waals surface area contributed by atoms with Gasteiger partial charge in [-0.2, -0.15) is 0 Å². The monoisotopic (exact) mass is 693 g/mol. The summed E-state index contributed by atoms with van der Waals surface area (Å²) in [6, 6.07) is 3.73. The van der Waals surface area contributed by atoms with Gasteiger partial charge in [0.25, 0.3) is 0 Å². The number of hydrogen-bond acceptors (Lipinski definition) is 7. The number of carboxylic acids is 1. The zero-order valence-electron chi connectivity index (χ0n) is 27.2. The minimum Gasteiger partial charge on any atom is -0.481 e. The van der Waals surface area contributed by atoms with E-state index in [1.54, 1.807) is 29.8 Å². The molecule has 2 unspecified atom stereocenters. The Morgan fingerprint density at radius 3 is 2.43 bits per heavy atom. The first-order valence-corrected chi connectivity index (χ1v) is 17.5. The summed E-state index contributed by atoms with van der Waals surface area (Å²) in [6.45, 7) is 3.08. The average Bonchev–Trinajstić information content (AvgIpc) is 3.69. The molecule has 3 heterocycles. The summed E-state index contributed by atoms with van der Waals surface area (Å²) < 4.78 is 2.54. The molecule has 2 aromatic heterocycles. The van der Waals surface area contributed by atoms with Gasteiger partial charge in [-0.25, -0.2) is 4.98 Å². The van der Waals surface area contributed by atoms with Crippen LogP contribution in [0.3, 0.4) is 0 Å². The van der Waals surface area contributed by atoms with E-state index in [1.165, 1.54) is 38.5 Å². The largest absolute Gasteiger partial charge is 0.481 e. The Balaban J connectivity index is 1.39. The van der Waals surface area contributed by atoms with Gasteiger partial charge in [-0.1, -0.05) is 64.0 Å². The van der Waals surface area contributed by atoms with Gasteiger partial charge in [-0.3, -0.25) is 29.4 Å². The number of hydrogen-bond donors (Lipinski definition) is 2. The van der Waals surface area contributed by atoms with Crippen molar-refractivity contribution in [3.8, 4) is 0 Å². The zero-order chi connectivity index (χ0) is 32.7. The highest BCUT2D eigenvalue weighted by Crippen LogP contribution is 2.31. The molecule has 1 amide bonds. The maximum Gasteiger partial charge on any atom is 0.307 e. The van der Waals surface area contributed by atoms with Gasteiger partial charge in [-0.05, 0) is 60.2 Å². The molecule has 11 heteroatoms. The predicted octanol–water partition coefficient (Wildman–Crippen LogP) is 7.55. The number of aromatic nitrogens is 4. The number of nitrogens with zero attached hydrogens (tertiary/aromatic N) is 6. The highest BCUT2D eigenvalue weighted by Gasteiger charge is 2.39. The van der Waals surface area contributed by atoms with Crippen LogP contribution < -0.4 is 5.32 Å². The molecule has 0 aliphatic carbocycles. The number of amides is 1. The number of guanidine groups is 1. The molecule has 3 aromatic rings. The number of allylic oxidation sites excluding steroid dienone is 2. The number of halogens is 1. The number of anilines is 1. The van der Waals surface area contributed by atoms with Gasteiger partial charge < -0.3 is 15.0 Å². The number of benzene rings is 1. The Bertz CT molecular complexity index is 1490. The second kappa shape index (κ2) is 18.5. The molecular formula is C35H48BrN7O3. The number of fused-ring (bicyclic) bond motifs is 1. The minimum atomic E-state index is -0.973. The number of carbonyl (C=O) groups excluding carboxylic acids is 1. The van der Waals surface area contributed by atoms with Crippen molar-refractivity contribution in [2.24, 2.45) is 23.9 Å². The van der Waals surface area contributed by atoms with Gasteiger partial charge >= 0.3 is 5.97 Å². The Labute approximate surface area is 281 Å². The Morgan fingerprint density at radius 2 is 1.72 bits per heavy atom. The molecule has 0 radical (unpaired) electrons. The Morgan fingerprint density at radius 1 is 1.00 bits per heavy atom. The summed E-state index contributed by atoms with van der Waals surface area (Å²) in [7, 11) is 1.85. The van der Waals surface area contributed by atoms with Crippen LogP contribution in [-0.4, -0.2) is 60.5 Å². The molecular weight excluding hydrogens is 646 g/mol.